The minimum atomic E-state index is -1.34. The molecule has 1 heterocycles. The van der Waals surface area contributed by atoms with Crippen molar-refractivity contribution in [3.05, 3.63) is 51.1 Å². The standard InChI is InChI=1S/C11H7ClN4O5/c12-6-3-5(16(20)21)1-2-7(6)15-10(17)8-9(11(18)19)14-4-13-8/h1-4H,(H,13,14)(H,15,17)(H,18,19). The van der Waals surface area contributed by atoms with Crippen molar-refractivity contribution in [2.24, 2.45) is 0 Å². The minimum absolute atomic E-state index is 0.0510. The van der Waals surface area contributed by atoms with Crippen LogP contribution < -0.4 is 5.32 Å². The zero-order chi connectivity index (χ0) is 15.6. The Morgan fingerprint density at radius 2 is 2.14 bits per heavy atom. The molecule has 3 N–H and O–H groups in total. The summed E-state index contributed by atoms with van der Waals surface area (Å²) in [5.74, 6) is -2.14. The van der Waals surface area contributed by atoms with Gasteiger partial charge in [-0.3, -0.25) is 14.9 Å². The highest BCUT2D eigenvalue weighted by atomic mass is 35.5. The number of carbonyl (C=O) groups excluding carboxylic acids is 1. The Kier molecular flexibility index (Phi) is 3.85. The molecule has 2 rings (SSSR count). The second-order valence-corrected chi connectivity index (χ2v) is 4.21. The van der Waals surface area contributed by atoms with E-state index >= 15 is 0 Å². The number of benzene rings is 1. The number of nitrogens with zero attached hydrogens (tertiary/aromatic N) is 2. The number of carboxylic acid groups (broad SMARTS) is 1. The Morgan fingerprint density at radius 1 is 1.43 bits per heavy atom. The molecule has 0 atom stereocenters. The molecule has 108 valence electrons. The van der Waals surface area contributed by atoms with E-state index < -0.39 is 16.8 Å². The van der Waals surface area contributed by atoms with Gasteiger partial charge in [0, 0.05) is 12.1 Å². The average molecular weight is 311 g/mol. The first-order valence-corrected chi connectivity index (χ1v) is 5.80. The fraction of sp³-hybridized carbons (Fsp3) is 0. The van der Waals surface area contributed by atoms with Gasteiger partial charge in [-0.2, -0.15) is 0 Å². The number of nitro benzene ring substituents is 1. The molecule has 9 nitrogen and oxygen atoms in total. The predicted molar refractivity (Wildman–Crippen MR) is 71.6 cm³/mol. The highest BCUT2D eigenvalue weighted by molar-refractivity contribution is 6.34. The molecule has 0 aliphatic rings. The number of halogens is 1. The van der Waals surface area contributed by atoms with Crippen LogP contribution in [0.3, 0.4) is 0 Å². The molecule has 0 saturated carbocycles. The van der Waals surface area contributed by atoms with Crippen molar-refractivity contribution in [2.45, 2.75) is 0 Å². The van der Waals surface area contributed by atoms with Crippen molar-refractivity contribution >= 4 is 34.9 Å². The third kappa shape index (κ3) is 2.98. The van der Waals surface area contributed by atoms with E-state index in [2.05, 4.69) is 15.3 Å². The van der Waals surface area contributed by atoms with Gasteiger partial charge in [-0.1, -0.05) is 11.6 Å². The van der Waals surface area contributed by atoms with Crippen LogP contribution in [0.2, 0.25) is 5.02 Å². The van der Waals surface area contributed by atoms with E-state index in [1.807, 2.05) is 0 Å². The Morgan fingerprint density at radius 3 is 2.71 bits per heavy atom. The summed E-state index contributed by atoms with van der Waals surface area (Å²) in [5.41, 5.74) is -0.821. The number of anilines is 1. The van der Waals surface area contributed by atoms with Crippen molar-refractivity contribution < 1.29 is 19.6 Å². The summed E-state index contributed by atoms with van der Waals surface area (Å²) in [7, 11) is 0. The Bertz CT molecular complexity index is 742. The predicted octanol–water partition coefficient (Wildman–Crippen LogP) is 1.92. The van der Waals surface area contributed by atoms with Gasteiger partial charge in [0.1, 0.15) is 0 Å². The van der Waals surface area contributed by atoms with Crippen LogP contribution in [0.25, 0.3) is 0 Å². The first kappa shape index (κ1) is 14.5. The van der Waals surface area contributed by atoms with Crippen LogP contribution in [0.5, 0.6) is 0 Å². The van der Waals surface area contributed by atoms with Gasteiger partial charge >= 0.3 is 5.97 Å². The molecule has 0 aliphatic heterocycles. The number of carbonyl (C=O) groups is 2. The first-order chi connectivity index (χ1) is 9.90. The lowest BCUT2D eigenvalue weighted by molar-refractivity contribution is -0.384. The second-order valence-electron chi connectivity index (χ2n) is 3.81. The van der Waals surface area contributed by atoms with Gasteiger partial charge in [-0.15, -0.1) is 0 Å². The summed E-state index contributed by atoms with van der Waals surface area (Å²) in [6.45, 7) is 0. The molecule has 0 radical (unpaired) electrons. The fourth-order valence-electron chi connectivity index (χ4n) is 1.53. The number of aromatic amines is 1. The summed E-state index contributed by atoms with van der Waals surface area (Å²) in [5, 5.41) is 21.7. The lowest BCUT2D eigenvalue weighted by atomic mass is 10.2. The largest absolute Gasteiger partial charge is 0.477 e. The number of nitro groups is 1. The van der Waals surface area contributed by atoms with Crippen LogP contribution in [0.4, 0.5) is 11.4 Å². The quantitative estimate of drug-likeness (QED) is 0.582. The maximum absolute atomic E-state index is 11.9. The van der Waals surface area contributed by atoms with Crippen molar-refractivity contribution in [3.63, 3.8) is 0 Å². The van der Waals surface area contributed by atoms with Gasteiger partial charge in [-0.05, 0) is 6.07 Å². The summed E-state index contributed by atoms with van der Waals surface area (Å²) in [6.07, 6.45) is 1.07. The summed E-state index contributed by atoms with van der Waals surface area (Å²) < 4.78 is 0. The van der Waals surface area contributed by atoms with Gasteiger partial charge in [0.2, 0.25) is 0 Å². The zero-order valence-corrected chi connectivity index (χ0v) is 10.9. The number of aromatic carboxylic acids is 1. The van der Waals surface area contributed by atoms with Gasteiger partial charge in [0.25, 0.3) is 11.6 Å². The van der Waals surface area contributed by atoms with E-state index in [-0.39, 0.29) is 27.8 Å². The van der Waals surface area contributed by atoms with Gasteiger partial charge in [-0.25, -0.2) is 9.78 Å². The Hall–Kier alpha value is -2.94. The van der Waals surface area contributed by atoms with Crippen molar-refractivity contribution in [1.29, 1.82) is 0 Å². The number of nitrogens with one attached hydrogen (secondary N) is 2. The van der Waals surface area contributed by atoms with E-state index in [1.165, 1.54) is 6.07 Å². The Balaban J connectivity index is 2.26. The normalized spacial score (nSPS) is 10.1. The highest BCUT2D eigenvalue weighted by Gasteiger charge is 2.21. The van der Waals surface area contributed by atoms with E-state index in [9.17, 15) is 19.7 Å². The third-order valence-corrected chi connectivity index (χ3v) is 2.79. The van der Waals surface area contributed by atoms with E-state index in [0.717, 1.165) is 18.5 Å². The minimum Gasteiger partial charge on any atom is -0.477 e. The molecule has 21 heavy (non-hydrogen) atoms. The van der Waals surface area contributed by atoms with Crippen LogP contribution in [-0.2, 0) is 0 Å². The summed E-state index contributed by atoms with van der Waals surface area (Å²) in [4.78, 5) is 38.7. The van der Waals surface area contributed by atoms with Crippen LogP contribution >= 0.6 is 11.6 Å². The molecule has 1 aromatic carbocycles. The van der Waals surface area contributed by atoms with Gasteiger partial charge in [0.05, 0.1) is 22.0 Å². The second kappa shape index (κ2) is 5.59. The topological polar surface area (TPSA) is 138 Å². The maximum atomic E-state index is 11.9. The molecular weight excluding hydrogens is 304 g/mol. The average Bonchev–Trinajstić information content (AvgIpc) is 2.90. The van der Waals surface area contributed by atoms with Gasteiger partial charge < -0.3 is 15.4 Å². The Labute approximate surface area is 121 Å². The zero-order valence-electron chi connectivity index (χ0n) is 10.2. The number of rotatable bonds is 4. The maximum Gasteiger partial charge on any atom is 0.354 e. The number of H-pyrrole nitrogens is 1. The number of amides is 1. The molecule has 10 heteroatoms. The van der Waals surface area contributed by atoms with Crippen LogP contribution in [0.1, 0.15) is 21.0 Å². The molecule has 2 aromatic rings. The number of hydrogen-bond donors (Lipinski definition) is 3. The van der Waals surface area contributed by atoms with E-state index in [0.29, 0.717) is 0 Å². The third-order valence-electron chi connectivity index (χ3n) is 2.48. The van der Waals surface area contributed by atoms with Crippen molar-refractivity contribution in [2.75, 3.05) is 5.32 Å². The van der Waals surface area contributed by atoms with Crippen molar-refractivity contribution in [3.8, 4) is 0 Å². The summed E-state index contributed by atoms with van der Waals surface area (Å²) in [6, 6.07) is 3.47. The van der Waals surface area contributed by atoms with Crippen molar-refractivity contribution in [1.82, 2.24) is 9.97 Å². The lowest BCUT2D eigenvalue weighted by Crippen LogP contribution is -2.16. The molecule has 1 aromatic heterocycles. The number of imidazole rings is 1. The fourth-order valence-corrected chi connectivity index (χ4v) is 1.75. The molecule has 1 amide bonds. The molecule has 0 aliphatic carbocycles. The SMILES string of the molecule is O=C(Nc1ccc([N+](=O)[O-])cc1Cl)c1nc[nH]c1C(=O)O. The van der Waals surface area contributed by atoms with Crippen LogP contribution in [-0.4, -0.2) is 31.9 Å². The first-order valence-electron chi connectivity index (χ1n) is 5.42. The molecule has 0 fully saturated rings. The number of non-ortho nitro benzene ring substituents is 1. The number of carboxylic acids is 1. The van der Waals surface area contributed by atoms with Crippen LogP contribution in [0, 0.1) is 10.1 Å². The molecular formula is C11H7ClN4O5. The molecule has 0 unspecified atom stereocenters. The number of aromatic nitrogens is 2. The smallest absolute Gasteiger partial charge is 0.354 e. The van der Waals surface area contributed by atoms with Gasteiger partial charge in [0.15, 0.2) is 11.4 Å². The van der Waals surface area contributed by atoms with E-state index in [4.69, 9.17) is 16.7 Å². The number of hydrogen-bond acceptors (Lipinski definition) is 5. The van der Waals surface area contributed by atoms with E-state index in [1.54, 1.807) is 0 Å². The monoisotopic (exact) mass is 310 g/mol. The summed E-state index contributed by atoms with van der Waals surface area (Å²) >= 11 is 5.82. The molecule has 0 spiro atoms. The van der Waals surface area contributed by atoms with Crippen LogP contribution in [0.15, 0.2) is 24.5 Å². The lowest BCUT2D eigenvalue weighted by Gasteiger charge is -2.06. The highest BCUT2D eigenvalue weighted by Crippen LogP contribution is 2.27. The molecule has 0 bridgehead atoms. The molecule has 0 saturated heterocycles.